The molecule has 0 heterocycles. The minimum Gasteiger partial charge on any atom is -0.365 e. The lowest BCUT2D eigenvalue weighted by atomic mass is 11.8. The lowest BCUT2D eigenvalue weighted by Gasteiger charge is -2.17. The van der Waals surface area contributed by atoms with Crippen molar-refractivity contribution in [2.75, 3.05) is 21.3 Å². The minimum atomic E-state index is -2.67. The summed E-state index contributed by atoms with van der Waals surface area (Å²) in [5.41, 5.74) is 0. The SMILES string of the molecule is CO[Si](N)(OC)OC. The van der Waals surface area contributed by atoms with E-state index in [9.17, 15) is 0 Å². The maximum atomic E-state index is 5.37. The molecule has 0 aliphatic carbocycles. The van der Waals surface area contributed by atoms with E-state index in [1.165, 1.54) is 21.3 Å². The Hall–Kier alpha value is 0.0569. The third kappa shape index (κ3) is 1.89. The molecule has 0 spiro atoms. The van der Waals surface area contributed by atoms with Gasteiger partial charge >= 0.3 is 8.97 Å². The van der Waals surface area contributed by atoms with E-state index < -0.39 is 8.97 Å². The van der Waals surface area contributed by atoms with Crippen molar-refractivity contribution in [3.05, 3.63) is 0 Å². The van der Waals surface area contributed by atoms with Gasteiger partial charge in [-0.25, -0.2) is 0 Å². The Morgan fingerprint density at radius 3 is 1.25 bits per heavy atom. The van der Waals surface area contributed by atoms with E-state index in [4.69, 9.17) is 18.7 Å². The molecule has 4 nitrogen and oxygen atoms in total. The van der Waals surface area contributed by atoms with Crippen LogP contribution < -0.4 is 5.40 Å². The van der Waals surface area contributed by atoms with Crippen molar-refractivity contribution < 1.29 is 13.3 Å². The molecule has 8 heavy (non-hydrogen) atoms. The van der Waals surface area contributed by atoms with Gasteiger partial charge in [0.1, 0.15) is 0 Å². The second-order valence-corrected chi connectivity index (χ2v) is 3.65. The van der Waals surface area contributed by atoms with Gasteiger partial charge in [-0.2, -0.15) is 0 Å². The Bertz CT molecular complexity index is 57.3. The van der Waals surface area contributed by atoms with Crippen molar-refractivity contribution in [1.29, 1.82) is 0 Å². The van der Waals surface area contributed by atoms with E-state index in [2.05, 4.69) is 0 Å². The highest BCUT2D eigenvalue weighted by atomic mass is 28.4. The van der Waals surface area contributed by atoms with Gasteiger partial charge in [-0.3, -0.25) is 5.40 Å². The van der Waals surface area contributed by atoms with Gasteiger partial charge in [0.25, 0.3) is 0 Å². The molecular formula is C3H11NO3Si. The van der Waals surface area contributed by atoms with Gasteiger partial charge in [0.2, 0.25) is 0 Å². The molecule has 0 aliphatic rings. The molecular weight excluding hydrogens is 126 g/mol. The van der Waals surface area contributed by atoms with Gasteiger partial charge in [-0.1, -0.05) is 0 Å². The summed E-state index contributed by atoms with van der Waals surface area (Å²) in [4.78, 5) is 0. The van der Waals surface area contributed by atoms with Crippen LogP contribution in [0.1, 0.15) is 0 Å². The first-order valence-corrected chi connectivity index (χ1v) is 3.93. The van der Waals surface area contributed by atoms with Crippen LogP contribution in [0.5, 0.6) is 0 Å². The monoisotopic (exact) mass is 137 g/mol. The number of rotatable bonds is 3. The van der Waals surface area contributed by atoms with Crippen molar-refractivity contribution in [3.8, 4) is 0 Å². The molecule has 0 aliphatic heterocycles. The van der Waals surface area contributed by atoms with Crippen LogP contribution in [0.4, 0.5) is 0 Å². The second-order valence-electron chi connectivity index (χ2n) is 1.22. The molecule has 50 valence electrons. The Balaban J connectivity index is 3.58. The predicted molar refractivity (Wildman–Crippen MR) is 31.0 cm³/mol. The summed E-state index contributed by atoms with van der Waals surface area (Å²) in [6.07, 6.45) is 0. The third-order valence-corrected chi connectivity index (χ3v) is 2.56. The topological polar surface area (TPSA) is 53.7 Å². The summed E-state index contributed by atoms with van der Waals surface area (Å²) in [5, 5.41) is 5.37. The quantitative estimate of drug-likeness (QED) is 0.524. The zero-order valence-electron chi connectivity index (χ0n) is 5.30. The molecule has 0 unspecified atom stereocenters. The van der Waals surface area contributed by atoms with Crippen LogP contribution in [-0.2, 0) is 13.3 Å². The number of nitrogens with two attached hydrogens (primary N) is 1. The summed E-state index contributed by atoms with van der Waals surface area (Å²) in [6, 6.07) is 0. The van der Waals surface area contributed by atoms with Crippen molar-refractivity contribution in [2.45, 2.75) is 0 Å². The molecule has 5 heteroatoms. The first-order chi connectivity index (χ1) is 3.68. The zero-order chi connectivity index (χ0) is 6.62. The molecule has 0 fully saturated rings. The van der Waals surface area contributed by atoms with Crippen LogP contribution in [0.3, 0.4) is 0 Å². The molecule has 0 aromatic carbocycles. The zero-order valence-corrected chi connectivity index (χ0v) is 6.30. The minimum absolute atomic E-state index is 1.46. The highest BCUT2D eigenvalue weighted by Gasteiger charge is 2.32. The molecule has 2 N–H and O–H groups in total. The highest BCUT2D eigenvalue weighted by Crippen LogP contribution is 1.93. The normalized spacial score (nSPS) is 12.0. The van der Waals surface area contributed by atoms with Gasteiger partial charge in [-0.05, 0) is 0 Å². The Labute approximate surface area is 50.0 Å². The molecule has 0 aromatic heterocycles. The van der Waals surface area contributed by atoms with E-state index in [0.29, 0.717) is 0 Å². The van der Waals surface area contributed by atoms with Gasteiger partial charge in [0.15, 0.2) is 0 Å². The maximum Gasteiger partial charge on any atom is 0.593 e. The summed E-state index contributed by atoms with van der Waals surface area (Å²) in [5.74, 6) is 0. The molecule has 0 amide bonds. The molecule has 0 radical (unpaired) electrons. The first-order valence-electron chi connectivity index (χ1n) is 2.13. The van der Waals surface area contributed by atoms with Crippen LogP contribution in [0, 0.1) is 0 Å². The van der Waals surface area contributed by atoms with Crippen molar-refractivity contribution in [1.82, 2.24) is 0 Å². The summed E-state index contributed by atoms with van der Waals surface area (Å²) in [6.45, 7) is 0. The van der Waals surface area contributed by atoms with Gasteiger partial charge < -0.3 is 13.3 Å². The van der Waals surface area contributed by atoms with E-state index in [-0.39, 0.29) is 0 Å². The van der Waals surface area contributed by atoms with Crippen LogP contribution >= 0.6 is 0 Å². The average Bonchev–Trinajstić information content (AvgIpc) is 1.87. The Kier molecular flexibility index (Phi) is 3.18. The molecule has 0 atom stereocenters. The molecule has 0 aromatic rings. The predicted octanol–water partition coefficient (Wildman–Crippen LogP) is -0.680. The number of hydrogen-bond acceptors (Lipinski definition) is 4. The van der Waals surface area contributed by atoms with Crippen molar-refractivity contribution >= 4 is 8.97 Å². The smallest absolute Gasteiger partial charge is 0.365 e. The van der Waals surface area contributed by atoms with Crippen LogP contribution in [0.15, 0.2) is 0 Å². The van der Waals surface area contributed by atoms with E-state index in [1.54, 1.807) is 0 Å². The maximum absolute atomic E-state index is 5.37. The number of hydrogen-bond donors (Lipinski definition) is 1. The largest absolute Gasteiger partial charge is 0.593 e. The highest BCUT2D eigenvalue weighted by molar-refractivity contribution is 6.56. The lowest BCUT2D eigenvalue weighted by Crippen LogP contribution is -2.52. The fourth-order valence-electron chi connectivity index (χ4n) is 0.250. The van der Waals surface area contributed by atoms with Crippen LogP contribution in [0.2, 0.25) is 0 Å². The molecule has 0 saturated carbocycles. The van der Waals surface area contributed by atoms with Crippen LogP contribution in [0.25, 0.3) is 0 Å². The van der Waals surface area contributed by atoms with E-state index in [0.717, 1.165) is 0 Å². The fourth-order valence-corrected chi connectivity index (χ4v) is 0.750. The standard InChI is InChI=1S/C3H11NO3Si/c1-5-8(4,6-2)7-3/h4H2,1-3H3. The van der Waals surface area contributed by atoms with Crippen molar-refractivity contribution in [2.24, 2.45) is 5.40 Å². The van der Waals surface area contributed by atoms with Gasteiger partial charge in [-0.15, -0.1) is 0 Å². The lowest BCUT2D eigenvalue weighted by molar-refractivity contribution is 0.125. The summed E-state index contributed by atoms with van der Waals surface area (Å²) in [7, 11) is 1.70. The summed E-state index contributed by atoms with van der Waals surface area (Å²) < 4.78 is 14.1. The summed E-state index contributed by atoms with van der Waals surface area (Å²) >= 11 is 0. The van der Waals surface area contributed by atoms with Crippen LogP contribution in [-0.4, -0.2) is 30.3 Å². The second kappa shape index (κ2) is 3.16. The van der Waals surface area contributed by atoms with Crippen molar-refractivity contribution in [3.63, 3.8) is 0 Å². The first kappa shape index (κ1) is 8.06. The molecule has 0 bridgehead atoms. The Morgan fingerprint density at radius 2 is 1.25 bits per heavy atom. The van der Waals surface area contributed by atoms with Gasteiger partial charge in [0.05, 0.1) is 0 Å². The van der Waals surface area contributed by atoms with E-state index in [1.807, 2.05) is 0 Å². The molecule has 0 saturated heterocycles. The average molecular weight is 137 g/mol. The molecule has 0 rings (SSSR count). The Morgan fingerprint density at radius 1 is 1.00 bits per heavy atom. The third-order valence-electron chi connectivity index (χ3n) is 0.854. The van der Waals surface area contributed by atoms with Gasteiger partial charge in [0, 0.05) is 21.3 Å². The van der Waals surface area contributed by atoms with E-state index >= 15 is 0 Å². The fraction of sp³-hybridized carbons (Fsp3) is 1.00.